The third kappa shape index (κ3) is 4.32. The van der Waals surface area contributed by atoms with Crippen molar-refractivity contribution in [1.29, 1.82) is 0 Å². The molecule has 0 heterocycles. The predicted octanol–water partition coefficient (Wildman–Crippen LogP) is 4.01. The van der Waals surface area contributed by atoms with Gasteiger partial charge in [-0.15, -0.1) is 0 Å². The second-order valence-corrected chi connectivity index (χ2v) is 8.61. The molecule has 0 aromatic heterocycles. The third-order valence-electron chi connectivity index (χ3n) is 3.05. The van der Waals surface area contributed by atoms with Gasteiger partial charge >= 0.3 is 0 Å². The maximum absolute atomic E-state index is 12.5. The summed E-state index contributed by atoms with van der Waals surface area (Å²) in [6.07, 6.45) is 0. The second kappa shape index (κ2) is 5.86. The number of benzene rings is 1. The topological polar surface area (TPSA) is 46.2 Å². The van der Waals surface area contributed by atoms with Gasteiger partial charge in [0.05, 0.1) is 4.90 Å². The Morgan fingerprint density at radius 3 is 1.95 bits per heavy atom. The van der Waals surface area contributed by atoms with Gasteiger partial charge in [-0.1, -0.05) is 39.8 Å². The monoisotopic (exact) mass is 297 g/mol. The molecule has 0 amide bonds. The highest BCUT2D eigenvalue weighted by atomic mass is 32.2. The highest BCUT2D eigenvalue weighted by molar-refractivity contribution is 7.89. The molecule has 1 N–H and O–H groups in total. The van der Waals surface area contributed by atoms with Crippen LogP contribution in [0.1, 0.15) is 71.4 Å². The summed E-state index contributed by atoms with van der Waals surface area (Å²) in [4.78, 5) is 0.395. The van der Waals surface area contributed by atoms with Crippen LogP contribution in [0.5, 0.6) is 0 Å². The van der Waals surface area contributed by atoms with Gasteiger partial charge in [0.1, 0.15) is 0 Å². The van der Waals surface area contributed by atoms with Crippen LogP contribution in [0.4, 0.5) is 0 Å². The zero-order chi connectivity index (χ0) is 15.7. The Bertz CT molecular complexity index is 567. The second-order valence-electron chi connectivity index (χ2n) is 6.96. The highest BCUT2D eigenvalue weighted by Crippen LogP contribution is 2.28. The van der Waals surface area contributed by atoms with Crippen LogP contribution in [0, 0.1) is 0 Å². The Hall–Kier alpha value is -0.870. The summed E-state index contributed by atoms with van der Waals surface area (Å²) in [5.74, 6) is 0.556. The van der Waals surface area contributed by atoms with Crippen LogP contribution in [0.25, 0.3) is 0 Å². The first-order valence-electron chi connectivity index (χ1n) is 7.12. The van der Waals surface area contributed by atoms with Gasteiger partial charge in [0.15, 0.2) is 0 Å². The Balaban J connectivity index is 3.38. The molecule has 1 rings (SSSR count). The Morgan fingerprint density at radius 2 is 1.55 bits per heavy atom. The molecular weight excluding hydrogens is 270 g/mol. The zero-order valence-electron chi connectivity index (χ0n) is 13.6. The lowest BCUT2D eigenvalue weighted by molar-refractivity contribution is 0.490. The standard InChI is InChI=1S/C16H27NO2S/c1-11(2)13-8-9-15(14(10-13)12(3)4)20(18,19)17-16(5,6)7/h8-12,17H,1-7H3. The first kappa shape index (κ1) is 17.2. The molecule has 0 bridgehead atoms. The van der Waals surface area contributed by atoms with E-state index < -0.39 is 15.6 Å². The maximum Gasteiger partial charge on any atom is 0.241 e. The summed E-state index contributed by atoms with van der Waals surface area (Å²) in [6, 6.07) is 5.67. The van der Waals surface area contributed by atoms with E-state index in [2.05, 4.69) is 18.6 Å². The summed E-state index contributed by atoms with van der Waals surface area (Å²) in [7, 11) is -3.49. The van der Waals surface area contributed by atoms with E-state index in [1.807, 2.05) is 46.8 Å². The predicted molar refractivity (Wildman–Crippen MR) is 84.7 cm³/mol. The largest absolute Gasteiger partial charge is 0.241 e. The lowest BCUT2D eigenvalue weighted by Gasteiger charge is -2.23. The van der Waals surface area contributed by atoms with Crippen LogP contribution in [-0.2, 0) is 10.0 Å². The normalized spacial score (nSPS) is 13.2. The van der Waals surface area contributed by atoms with E-state index in [9.17, 15) is 8.42 Å². The summed E-state index contributed by atoms with van der Waals surface area (Å²) in [5, 5.41) is 0. The molecule has 1 aromatic carbocycles. The SMILES string of the molecule is CC(C)c1ccc(S(=O)(=O)NC(C)(C)C)c(C(C)C)c1. The minimum absolute atomic E-state index is 0.167. The first-order valence-corrected chi connectivity index (χ1v) is 8.60. The van der Waals surface area contributed by atoms with Crippen molar-refractivity contribution >= 4 is 10.0 Å². The van der Waals surface area contributed by atoms with E-state index in [4.69, 9.17) is 0 Å². The summed E-state index contributed by atoms with van der Waals surface area (Å²) < 4.78 is 27.8. The van der Waals surface area contributed by atoms with Crippen LogP contribution in [0.15, 0.2) is 23.1 Å². The summed E-state index contributed by atoms with van der Waals surface area (Å²) in [6.45, 7) is 13.8. The van der Waals surface area contributed by atoms with E-state index in [0.29, 0.717) is 10.8 Å². The molecule has 4 heteroatoms. The molecule has 0 aliphatic carbocycles. The van der Waals surface area contributed by atoms with Gasteiger partial charge < -0.3 is 0 Å². The average Bonchev–Trinajstić information content (AvgIpc) is 2.24. The van der Waals surface area contributed by atoms with Crippen LogP contribution in [-0.4, -0.2) is 14.0 Å². The molecule has 1 aromatic rings. The van der Waals surface area contributed by atoms with Crippen molar-refractivity contribution in [3.05, 3.63) is 29.3 Å². The van der Waals surface area contributed by atoms with Gasteiger partial charge in [-0.3, -0.25) is 0 Å². The van der Waals surface area contributed by atoms with Crippen LogP contribution in [0.2, 0.25) is 0 Å². The van der Waals surface area contributed by atoms with E-state index >= 15 is 0 Å². The van der Waals surface area contributed by atoms with E-state index in [1.165, 1.54) is 5.56 Å². The first-order chi connectivity index (χ1) is 8.94. The van der Waals surface area contributed by atoms with E-state index in [0.717, 1.165) is 5.56 Å². The maximum atomic E-state index is 12.5. The van der Waals surface area contributed by atoms with Crippen molar-refractivity contribution in [2.75, 3.05) is 0 Å². The minimum Gasteiger partial charge on any atom is -0.207 e. The fourth-order valence-corrected chi connectivity index (χ4v) is 3.85. The molecule has 0 radical (unpaired) electrons. The number of sulfonamides is 1. The van der Waals surface area contributed by atoms with Crippen LogP contribution in [0.3, 0.4) is 0 Å². The molecule has 3 nitrogen and oxygen atoms in total. The number of hydrogen-bond donors (Lipinski definition) is 1. The molecule has 0 atom stereocenters. The summed E-state index contributed by atoms with van der Waals surface area (Å²) >= 11 is 0. The van der Waals surface area contributed by atoms with Crippen LogP contribution >= 0.6 is 0 Å². The Labute approximate surface area is 123 Å². The van der Waals surface area contributed by atoms with Gasteiger partial charge in [0.2, 0.25) is 10.0 Å². The molecule has 0 unspecified atom stereocenters. The van der Waals surface area contributed by atoms with Crippen molar-refractivity contribution in [2.24, 2.45) is 0 Å². The smallest absolute Gasteiger partial charge is 0.207 e. The number of nitrogens with one attached hydrogen (secondary N) is 1. The molecular formula is C16H27NO2S. The number of hydrogen-bond acceptors (Lipinski definition) is 2. The Kier molecular flexibility index (Phi) is 5.03. The molecule has 0 spiro atoms. The highest BCUT2D eigenvalue weighted by Gasteiger charge is 2.25. The van der Waals surface area contributed by atoms with Crippen LogP contribution < -0.4 is 4.72 Å². The quantitative estimate of drug-likeness (QED) is 0.912. The van der Waals surface area contributed by atoms with Gasteiger partial charge in [0, 0.05) is 5.54 Å². The van der Waals surface area contributed by atoms with Gasteiger partial charge in [-0.05, 0) is 49.8 Å². The van der Waals surface area contributed by atoms with Crippen molar-refractivity contribution in [2.45, 2.75) is 70.7 Å². The molecule has 0 aliphatic rings. The third-order valence-corrected chi connectivity index (χ3v) is 4.88. The van der Waals surface area contributed by atoms with E-state index in [1.54, 1.807) is 6.07 Å². The molecule has 0 saturated carbocycles. The average molecular weight is 297 g/mol. The zero-order valence-corrected chi connectivity index (χ0v) is 14.4. The molecule has 0 aliphatic heterocycles. The van der Waals surface area contributed by atoms with Crippen molar-refractivity contribution in [3.63, 3.8) is 0 Å². The molecule has 0 fully saturated rings. The van der Waals surface area contributed by atoms with E-state index in [-0.39, 0.29) is 5.92 Å². The molecule has 0 saturated heterocycles. The molecule has 20 heavy (non-hydrogen) atoms. The van der Waals surface area contributed by atoms with Gasteiger partial charge in [-0.2, -0.15) is 0 Å². The minimum atomic E-state index is -3.49. The van der Waals surface area contributed by atoms with Crippen molar-refractivity contribution < 1.29 is 8.42 Å². The number of rotatable bonds is 4. The van der Waals surface area contributed by atoms with Gasteiger partial charge in [0.25, 0.3) is 0 Å². The van der Waals surface area contributed by atoms with Crippen molar-refractivity contribution in [1.82, 2.24) is 4.72 Å². The van der Waals surface area contributed by atoms with Gasteiger partial charge in [-0.25, -0.2) is 13.1 Å². The Morgan fingerprint density at radius 1 is 1.00 bits per heavy atom. The fourth-order valence-electron chi connectivity index (χ4n) is 2.08. The lowest BCUT2D eigenvalue weighted by Crippen LogP contribution is -2.40. The van der Waals surface area contributed by atoms with Crippen molar-refractivity contribution in [3.8, 4) is 0 Å². The summed E-state index contributed by atoms with van der Waals surface area (Å²) in [5.41, 5.74) is 1.57. The molecule has 114 valence electrons. The fraction of sp³-hybridized carbons (Fsp3) is 0.625. The lowest BCUT2D eigenvalue weighted by atomic mass is 9.96.